The molecule has 0 spiro atoms. The molecular weight excluding hydrogens is 294 g/mol. The minimum absolute atomic E-state index is 0.0264. The Balaban J connectivity index is 1.66. The van der Waals surface area contributed by atoms with Crippen molar-refractivity contribution in [3.05, 3.63) is 48.0 Å². The number of fused-ring (bicyclic) bond motifs is 1. The Hall–Kier alpha value is -2.69. The molecule has 0 saturated carbocycles. The monoisotopic (exact) mass is 313 g/mol. The summed E-state index contributed by atoms with van der Waals surface area (Å²) >= 11 is 0. The van der Waals surface area contributed by atoms with Crippen LogP contribution in [0.25, 0.3) is 0 Å². The van der Waals surface area contributed by atoms with E-state index >= 15 is 0 Å². The van der Waals surface area contributed by atoms with Crippen LogP contribution in [0.4, 0.5) is 5.69 Å². The Morgan fingerprint density at radius 3 is 2.78 bits per heavy atom. The molecule has 1 amide bonds. The molecule has 0 N–H and O–H groups in total. The Morgan fingerprint density at radius 1 is 1.17 bits per heavy atom. The summed E-state index contributed by atoms with van der Waals surface area (Å²) < 4.78 is 16.2. The number of amides is 1. The number of likely N-dealkylation sites (N-methyl/N-ethyl adjacent to an activating group) is 1. The molecule has 3 rings (SSSR count). The molecule has 23 heavy (non-hydrogen) atoms. The van der Waals surface area contributed by atoms with Gasteiger partial charge in [-0.1, -0.05) is 12.1 Å². The van der Waals surface area contributed by atoms with Gasteiger partial charge >= 0.3 is 0 Å². The summed E-state index contributed by atoms with van der Waals surface area (Å²) in [5, 5.41) is 0. The molecule has 0 saturated heterocycles. The van der Waals surface area contributed by atoms with Gasteiger partial charge in [0.1, 0.15) is 5.75 Å². The van der Waals surface area contributed by atoms with Gasteiger partial charge in [0, 0.05) is 18.3 Å². The van der Waals surface area contributed by atoms with E-state index in [1.165, 1.54) is 0 Å². The lowest BCUT2D eigenvalue weighted by molar-refractivity contribution is -0.120. The summed E-state index contributed by atoms with van der Waals surface area (Å²) in [6, 6.07) is 13.1. The fourth-order valence-electron chi connectivity index (χ4n) is 2.49. The van der Waals surface area contributed by atoms with Crippen LogP contribution in [-0.2, 0) is 4.79 Å². The molecule has 1 heterocycles. The van der Waals surface area contributed by atoms with E-state index in [1.54, 1.807) is 23.1 Å². The number of aryl methyl sites for hydroxylation is 1. The molecule has 0 bridgehead atoms. The number of ether oxygens (including phenoxy) is 3. The fraction of sp³-hybridized carbons (Fsp3) is 0.278. The highest BCUT2D eigenvalue weighted by molar-refractivity contribution is 5.94. The van der Waals surface area contributed by atoms with E-state index in [4.69, 9.17) is 14.2 Å². The van der Waals surface area contributed by atoms with Gasteiger partial charge in [0.15, 0.2) is 18.1 Å². The Morgan fingerprint density at radius 2 is 2.00 bits per heavy atom. The number of hydrogen-bond acceptors (Lipinski definition) is 4. The Bertz CT molecular complexity index is 714. The normalized spacial score (nSPS) is 12.1. The lowest BCUT2D eigenvalue weighted by atomic mass is 10.2. The van der Waals surface area contributed by atoms with Crippen molar-refractivity contribution in [2.24, 2.45) is 0 Å². The molecule has 2 aromatic carbocycles. The first-order valence-electron chi connectivity index (χ1n) is 7.57. The van der Waals surface area contributed by atoms with Crippen LogP contribution in [0.5, 0.6) is 17.2 Å². The van der Waals surface area contributed by atoms with Crippen LogP contribution in [0.1, 0.15) is 12.5 Å². The maximum absolute atomic E-state index is 12.4. The average molecular weight is 313 g/mol. The predicted molar refractivity (Wildman–Crippen MR) is 87.3 cm³/mol. The third kappa shape index (κ3) is 3.39. The zero-order valence-corrected chi connectivity index (χ0v) is 13.2. The van der Waals surface area contributed by atoms with Crippen LogP contribution in [-0.4, -0.2) is 25.9 Å². The van der Waals surface area contributed by atoms with Crippen LogP contribution in [0, 0.1) is 6.92 Å². The molecule has 0 aliphatic carbocycles. The molecule has 0 atom stereocenters. The molecule has 0 aromatic heterocycles. The molecule has 0 unspecified atom stereocenters. The maximum atomic E-state index is 12.4. The number of hydrogen-bond donors (Lipinski definition) is 0. The van der Waals surface area contributed by atoms with Crippen molar-refractivity contribution >= 4 is 11.6 Å². The van der Waals surface area contributed by atoms with Crippen LogP contribution in [0.2, 0.25) is 0 Å². The third-order valence-electron chi connectivity index (χ3n) is 3.64. The summed E-state index contributed by atoms with van der Waals surface area (Å²) in [5.74, 6) is 1.83. The summed E-state index contributed by atoms with van der Waals surface area (Å²) in [4.78, 5) is 14.1. The summed E-state index contributed by atoms with van der Waals surface area (Å²) in [6.45, 7) is 4.73. The number of rotatable bonds is 5. The van der Waals surface area contributed by atoms with Crippen molar-refractivity contribution in [2.45, 2.75) is 13.8 Å². The zero-order chi connectivity index (χ0) is 16.2. The van der Waals surface area contributed by atoms with Crippen molar-refractivity contribution in [2.75, 3.05) is 24.8 Å². The van der Waals surface area contributed by atoms with Gasteiger partial charge in [0.05, 0.1) is 0 Å². The average Bonchev–Trinajstić information content (AvgIpc) is 3.01. The highest BCUT2D eigenvalue weighted by Gasteiger charge is 2.17. The number of carbonyl (C=O) groups is 1. The van der Waals surface area contributed by atoms with E-state index in [9.17, 15) is 4.79 Å². The molecule has 0 radical (unpaired) electrons. The van der Waals surface area contributed by atoms with Crippen LogP contribution in [0.3, 0.4) is 0 Å². The quantitative estimate of drug-likeness (QED) is 0.851. The first kappa shape index (κ1) is 15.2. The van der Waals surface area contributed by atoms with E-state index < -0.39 is 0 Å². The molecule has 0 fully saturated rings. The molecular formula is C18H19NO4. The lowest BCUT2D eigenvalue weighted by Gasteiger charge is -2.21. The van der Waals surface area contributed by atoms with Gasteiger partial charge in [0.25, 0.3) is 5.91 Å². The molecule has 5 nitrogen and oxygen atoms in total. The van der Waals surface area contributed by atoms with Gasteiger partial charge in [-0.2, -0.15) is 0 Å². The summed E-state index contributed by atoms with van der Waals surface area (Å²) in [7, 11) is 0. The smallest absolute Gasteiger partial charge is 0.264 e. The number of carbonyl (C=O) groups excluding carboxylic acids is 1. The molecule has 2 aromatic rings. The van der Waals surface area contributed by atoms with E-state index in [0.717, 1.165) is 11.3 Å². The van der Waals surface area contributed by atoms with Gasteiger partial charge in [-0.3, -0.25) is 4.79 Å². The second kappa shape index (κ2) is 6.60. The van der Waals surface area contributed by atoms with Gasteiger partial charge in [-0.05, 0) is 43.7 Å². The molecule has 1 aliphatic heterocycles. The van der Waals surface area contributed by atoms with Crippen LogP contribution in [0.15, 0.2) is 42.5 Å². The van der Waals surface area contributed by atoms with Crippen molar-refractivity contribution in [3.63, 3.8) is 0 Å². The van der Waals surface area contributed by atoms with Crippen molar-refractivity contribution < 1.29 is 19.0 Å². The molecule has 1 aliphatic rings. The standard InChI is InChI=1S/C18H19NO4/c1-3-19(14-6-4-5-13(2)9-14)18(20)11-21-15-7-8-16-17(10-15)23-12-22-16/h4-10H,3,11-12H2,1-2H3. The van der Waals surface area contributed by atoms with Gasteiger partial charge in [-0.15, -0.1) is 0 Å². The van der Waals surface area contributed by atoms with Gasteiger partial charge in [-0.25, -0.2) is 0 Å². The summed E-state index contributed by atoms with van der Waals surface area (Å²) in [6.07, 6.45) is 0. The molecule has 120 valence electrons. The zero-order valence-electron chi connectivity index (χ0n) is 13.2. The maximum Gasteiger partial charge on any atom is 0.264 e. The van der Waals surface area contributed by atoms with Crippen molar-refractivity contribution in [3.8, 4) is 17.2 Å². The van der Waals surface area contributed by atoms with Crippen molar-refractivity contribution in [1.29, 1.82) is 0 Å². The number of anilines is 1. The minimum Gasteiger partial charge on any atom is -0.484 e. The third-order valence-corrected chi connectivity index (χ3v) is 3.64. The second-order valence-electron chi connectivity index (χ2n) is 5.28. The Kier molecular flexibility index (Phi) is 4.37. The topological polar surface area (TPSA) is 48.0 Å². The largest absolute Gasteiger partial charge is 0.484 e. The second-order valence-corrected chi connectivity index (χ2v) is 5.28. The highest BCUT2D eigenvalue weighted by Crippen LogP contribution is 2.35. The first-order valence-corrected chi connectivity index (χ1v) is 7.57. The highest BCUT2D eigenvalue weighted by atomic mass is 16.7. The minimum atomic E-state index is -0.0873. The van der Waals surface area contributed by atoms with E-state index in [-0.39, 0.29) is 19.3 Å². The Labute approximate surface area is 135 Å². The predicted octanol–water partition coefficient (Wildman–Crippen LogP) is 3.16. The first-order chi connectivity index (χ1) is 11.2. The van der Waals surface area contributed by atoms with E-state index in [0.29, 0.717) is 23.8 Å². The summed E-state index contributed by atoms with van der Waals surface area (Å²) in [5.41, 5.74) is 2.00. The fourth-order valence-corrected chi connectivity index (χ4v) is 2.49. The molecule has 5 heteroatoms. The van der Waals surface area contributed by atoms with Crippen molar-refractivity contribution in [1.82, 2.24) is 0 Å². The van der Waals surface area contributed by atoms with E-state index in [1.807, 2.05) is 38.1 Å². The van der Waals surface area contributed by atoms with Crippen LogP contribution < -0.4 is 19.1 Å². The SMILES string of the molecule is CCN(C(=O)COc1ccc2c(c1)OCO2)c1cccc(C)c1. The number of benzene rings is 2. The number of nitrogens with zero attached hydrogens (tertiary/aromatic N) is 1. The van der Waals surface area contributed by atoms with Crippen LogP contribution >= 0.6 is 0 Å². The lowest BCUT2D eigenvalue weighted by Crippen LogP contribution is -2.34. The van der Waals surface area contributed by atoms with Gasteiger partial charge < -0.3 is 19.1 Å². The van der Waals surface area contributed by atoms with Gasteiger partial charge in [0.2, 0.25) is 6.79 Å². The van der Waals surface area contributed by atoms with E-state index in [2.05, 4.69) is 0 Å².